The number of aliphatic hydroxyl groups is 1. The summed E-state index contributed by atoms with van der Waals surface area (Å²) in [4.78, 5) is 23.0. The molecule has 0 unspecified atom stereocenters. The molecule has 3 atom stereocenters. The van der Waals surface area contributed by atoms with Crippen LogP contribution in [0.4, 0.5) is 0 Å². The third-order valence-corrected chi connectivity index (χ3v) is 4.65. The van der Waals surface area contributed by atoms with E-state index in [2.05, 4.69) is 0 Å². The van der Waals surface area contributed by atoms with Crippen LogP contribution in [0.2, 0.25) is 0 Å². The van der Waals surface area contributed by atoms with Gasteiger partial charge in [0.1, 0.15) is 5.78 Å². The van der Waals surface area contributed by atoms with Crippen molar-refractivity contribution in [2.75, 3.05) is 0 Å². The van der Waals surface area contributed by atoms with Crippen LogP contribution in [-0.4, -0.2) is 27.0 Å². The van der Waals surface area contributed by atoms with Gasteiger partial charge < -0.3 is 5.11 Å². The Morgan fingerprint density at radius 1 is 1.33 bits per heavy atom. The molecule has 1 aliphatic rings. The molecule has 0 aromatic heterocycles. The highest BCUT2D eigenvalue weighted by Crippen LogP contribution is 2.44. The molecular weight excluding hydrogens is 234 g/mol. The van der Waals surface area contributed by atoms with Crippen molar-refractivity contribution < 1.29 is 14.8 Å². The second-order valence-corrected chi connectivity index (χ2v) is 5.37. The van der Waals surface area contributed by atoms with Gasteiger partial charge in [-0.15, -0.1) is 0 Å². The Morgan fingerprint density at radius 2 is 1.94 bits per heavy atom. The highest BCUT2D eigenvalue weighted by atomic mass is 16.6. The van der Waals surface area contributed by atoms with Crippen LogP contribution in [0.1, 0.15) is 59.3 Å². The first-order valence-corrected chi connectivity index (χ1v) is 6.74. The lowest BCUT2D eigenvalue weighted by Crippen LogP contribution is -2.54. The van der Waals surface area contributed by atoms with Gasteiger partial charge in [0.25, 0.3) is 0 Å². The lowest BCUT2D eigenvalue weighted by Gasteiger charge is -2.43. The van der Waals surface area contributed by atoms with Crippen LogP contribution in [0.15, 0.2) is 0 Å². The molecule has 1 aliphatic carbocycles. The average Bonchev–Trinajstić information content (AvgIpc) is 2.38. The Bertz CT molecular complexity index is 344. The standard InChI is InChI=1S/C13H23NO4/c1-4-11(15)10-9-12(5-2,14(17)18)7-8-13(10,16)6-3/h10,16H,4-9H2,1-3H3/t10-,12+,13+/m0/s1. The molecule has 1 N–H and O–H groups in total. The fourth-order valence-corrected chi connectivity index (χ4v) is 2.99. The topological polar surface area (TPSA) is 80.4 Å². The minimum absolute atomic E-state index is 0.0567. The molecule has 0 amide bonds. The van der Waals surface area contributed by atoms with E-state index in [1.165, 1.54) is 0 Å². The smallest absolute Gasteiger partial charge is 0.222 e. The molecule has 5 heteroatoms. The first-order valence-electron chi connectivity index (χ1n) is 6.74. The molecule has 0 aliphatic heterocycles. The normalized spacial score (nSPS) is 36.3. The van der Waals surface area contributed by atoms with Crippen molar-refractivity contribution in [3.05, 3.63) is 10.1 Å². The van der Waals surface area contributed by atoms with Crippen molar-refractivity contribution in [1.29, 1.82) is 0 Å². The Labute approximate surface area is 108 Å². The molecule has 0 aromatic rings. The molecule has 104 valence electrons. The number of nitro groups is 1. The zero-order valence-corrected chi connectivity index (χ0v) is 11.4. The van der Waals surface area contributed by atoms with Gasteiger partial charge in [-0.3, -0.25) is 14.9 Å². The van der Waals surface area contributed by atoms with Crippen LogP contribution in [0.3, 0.4) is 0 Å². The number of hydrogen-bond acceptors (Lipinski definition) is 4. The SMILES string of the molecule is CCC(=O)[C@@H]1C[C@](CC)([N+](=O)[O-])CC[C@]1(O)CC. The molecule has 0 saturated heterocycles. The molecule has 0 aromatic carbocycles. The molecule has 0 heterocycles. The highest BCUT2D eigenvalue weighted by molar-refractivity contribution is 5.82. The van der Waals surface area contributed by atoms with E-state index in [0.717, 1.165) is 0 Å². The predicted octanol–water partition coefficient (Wildman–Crippen LogP) is 2.33. The second-order valence-electron chi connectivity index (χ2n) is 5.37. The highest BCUT2D eigenvalue weighted by Gasteiger charge is 2.55. The molecule has 1 fully saturated rings. The lowest BCUT2D eigenvalue weighted by atomic mass is 9.64. The maximum atomic E-state index is 12.0. The van der Waals surface area contributed by atoms with Crippen LogP contribution in [0.25, 0.3) is 0 Å². The van der Waals surface area contributed by atoms with Crippen LogP contribution in [0, 0.1) is 16.0 Å². The average molecular weight is 257 g/mol. The van der Waals surface area contributed by atoms with Gasteiger partial charge in [0.05, 0.1) is 11.5 Å². The third-order valence-electron chi connectivity index (χ3n) is 4.65. The summed E-state index contributed by atoms with van der Waals surface area (Å²) in [6, 6.07) is 0. The Morgan fingerprint density at radius 3 is 2.33 bits per heavy atom. The lowest BCUT2D eigenvalue weighted by molar-refractivity contribution is -0.579. The van der Waals surface area contributed by atoms with Crippen molar-refractivity contribution in [3.63, 3.8) is 0 Å². The zero-order valence-electron chi connectivity index (χ0n) is 11.4. The number of ketones is 1. The molecule has 18 heavy (non-hydrogen) atoms. The maximum Gasteiger partial charge on any atom is 0.222 e. The number of rotatable bonds is 5. The van der Waals surface area contributed by atoms with Crippen molar-refractivity contribution >= 4 is 5.78 Å². The van der Waals surface area contributed by atoms with Gasteiger partial charge in [0, 0.05) is 30.6 Å². The van der Waals surface area contributed by atoms with E-state index in [-0.39, 0.29) is 17.1 Å². The van der Waals surface area contributed by atoms with Crippen LogP contribution in [0.5, 0.6) is 0 Å². The second kappa shape index (κ2) is 5.34. The summed E-state index contributed by atoms with van der Waals surface area (Å²) in [6.45, 7) is 5.36. The Hall–Kier alpha value is -0.970. The third kappa shape index (κ3) is 2.41. The fourth-order valence-electron chi connectivity index (χ4n) is 2.99. The summed E-state index contributed by atoms with van der Waals surface area (Å²) < 4.78 is 0. The summed E-state index contributed by atoms with van der Waals surface area (Å²) in [5.41, 5.74) is -2.08. The number of nitrogens with zero attached hydrogens (tertiary/aromatic N) is 1. The minimum atomic E-state index is -1.05. The van der Waals surface area contributed by atoms with Gasteiger partial charge in [-0.05, 0) is 12.8 Å². The molecular formula is C13H23NO4. The molecule has 0 bridgehead atoms. The van der Waals surface area contributed by atoms with Crippen molar-refractivity contribution in [3.8, 4) is 0 Å². The van der Waals surface area contributed by atoms with E-state index in [0.29, 0.717) is 32.1 Å². The Kier molecular flexibility index (Phi) is 4.48. The molecule has 0 radical (unpaired) electrons. The van der Waals surface area contributed by atoms with Gasteiger partial charge in [-0.25, -0.2) is 0 Å². The van der Waals surface area contributed by atoms with Crippen LogP contribution < -0.4 is 0 Å². The largest absolute Gasteiger partial charge is 0.389 e. The monoisotopic (exact) mass is 257 g/mol. The summed E-state index contributed by atoms with van der Waals surface area (Å²) >= 11 is 0. The first-order chi connectivity index (χ1) is 8.35. The minimum Gasteiger partial charge on any atom is -0.389 e. The predicted molar refractivity (Wildman–Crippen MR) is 67.9 cm³/mol. The number of hydrogen-bond donors (Lipinski definition) is 1. The maximum absolute atomic E-state index is 12.0. The summed E-state index contributed by atoms with van der Waals surface area (Å²) in [7, 11) is 0. The van der Waals surface area contributed by atoms with Gasteiger partial charge in [-0.2, -0.15) is 0 Å². The summed E-state index contributed by atoms with van der Waals surface area (Å²) in [5, 5.41) is 21.8. The van der Waals surface area contributed by atoms with Crippen molar-refractivity contribution in [2.45, 2.75) is 70.4 Å². The quantitative estimate of drug-likeness (QED) is 0.605. The van der Waals surface area contributed by atoms with Gasteiger partial charge in [-0.1, -0.05) is 20.8 Å². The molecule has 0 spiro atoms. The number of Topliss-reactive ketones (excluding diaryl/α,β-unsaturated/α-hetero) is 1. The van der Waals surface area contributed by atoms with Gasteiger partial charge in [0.15, 0.2) is 0 Å². The van der Waals surface area contributed by atoms with E-state index in [4.69, 9.17) is 0 Å². The zero-order chi connectivity index (χ0) is 14.0. The number of carbonyl (C=O) groups excluding carboxylic acids is 1. The number of carbonyl (C=O) groups is 1. The summed E-state index contributed by atoms with van der Waals surface area (Å²) in [6.07, 6.45) is 2.08. The fraction of sp³-hybridized carbons (Fsp3) is 0.923. The summed E-state index contributed by atoms with van der Waals surface area (Å²) in [5.74, 6) is -0.648. The van der Waals surface area contributed by atoms with E-state index in [1.807, 2.05) is 6.92 Å². The first kappa shape index (κ1) is 15.1. The molecule has 1 saturated carbocycles. The van der Waals surface area contributed by atoms with Crippen LogP contribution >= 0.6 is 0 Å². The molecule has 1 rings (SSSR count). The Balaban J connectivity index is 3.06. The van der Waals surface area contributed by atoms with E-state index < -0.39 is 17.1 Å². The van der Waals surface area contributed by atoms with Gasteiger partial charge >= 0.3 is 0 Å². The van der Waals surface area contributed by atoms with Crippen molar-refractivity contribution in [1.82, 2.24) is 0 Å². The molecule has 5 nitrogen and oxygen atoms in total. The van der Waals surface area contributed by atoms with E-state index in [1.54, 1.807) is 13.8 Å². The van der Waals surface area contributed by atoms with Crippen molar-refractivity contribution in [2.24, 2.45) is 5.92 Å². The van der Waals surface area contributed by atoms with Gasteiger partial charge in [0.2, 0.25) is 5.54 Å². The van der Waals surface area contributed by atoms with Crippen LogP contribution in [-0.2, 0) is 4.79 Å². The van der Waals surface area contributed by atoms with E-state index in [9.17, 15) is 20.0 Å². The van der Waals surface area contributed by atoms with E-state index >= 15 is 0 Å².